The van der Waals surface area contributed by atoms with Gasteiger partial charge in [-0.2, -0.15) is 0 Å². The molecule has 0 amide bonds. The zero-order valence-electron chi connectivity index (χ0n) is 10.1. The summed E-state index contributed by atoms with van der Waals surface area (Å²) < 4.78 is 5.87. The van der Waals surface area contributed by atoms with Gasteiger partial charge in [-0.25, -0.2) is 0 Å². The summed E-state index contributed by atoms with van der Waals surface area (Å²) in [4.78, 5) is 0. The van der Waals surface area contributed by atoms with Crippen LogP contribution < -0.4 is 0 Å². The summed E-state index contributed by atoms with van der Waals surface area (Å²) in [6.45, 7) is 5.37. The molecule has 0 aliphatic heterocycles. The van der Waals surface area contributed by atoms with Gasteiger partial charge < -0.3 is 4.74 Å². The van der Waals surface area contributed by atoms with Gasteiger partial charge in [-0.05, 0) is 75.5 Å². The Morgan fingerprint density at radius 2 is 1.47 bits per heavy atom. The molecule has 0 saturated heterocycles. The standard InChI is InChI=1S/C14H24O/c1-9(2)15-8-14-12-4-10-3-11(6-12)7-13(14)5-10/h9-14H,3-8H2,1-2H3. The smallest absolute Gasteiger partial charge is 0.0519 e. The maximum absolute atomic E-state index is 5.87. The zero-order chi connectivity index (χ0) is 10.4. The van der Waals surface area contributed by atoms with E-state index in [-0.39, 0.29) is 0 Å². The highest BCUT2D eigenvalue weighted by Crippen LogP contribution is 2.56. The van der Waals surface area contributed by atoms with Crippen molar-refractivity contribution in [2.24, 2.45) is 29.6 Å². The Morgan fingerprint density at radius 3 is 1.93 bits per heavy atom. The second kappa shape index (κ2) is 3.76. The third kappa shape index (κ3) is 1.84. The summed E-state index contributed by atoms with van der Waals surface area (Å²) in [6.07, 6.45) is 8.09. The molecule has 0 aromatic carbocycles. The molecule has 0 radical (unpaired) electrons. The molecule has 4 bridgehead atoms. The van der Waals surface area contributed by atoms with Gasteiger partial charge in [0.2, 0.25) is 0 Å². The van der Waals surface area contributed by atoms with Gasteiger partial charge >= 0.3 is 0 Å². The van der Waals surface area contributed by atoms with E-state index in [1.807, 2.05) is 0 Å². The van der Waals surface area contributed by atoms with E-state index in [1.165, 1.54) is 25.7 Å². The Morgan fingerprint density at radius 1 is 0.933 bits per heavy atom. The molecule has 4 aliphatic carbocycles. The summed E-state index contributed by atoms with van der Waals surface area (Å²) in [7, 11) is 0. The van der Waals surface area contributed by atoms with E-state index in [9.17, 15) is 0 Å². The first-order valence-electron chi connectivity index (χ1n) is 6.84. The van der Waals surface area contributed by atoms with Crippen LogP contribution in [0, 0.1) is 29.6 Å². The van der Waals surface area contributed by atoms with Gasteiger partial charge in [0.25, 0.3) is 0 Å². The summed E-state index contributed by atoms with van der Waals surface area (Å²) in [6, 6.07) is 0. The minimum absolute atomic E-state index is 0.419. The predicted octanol–water partition coefficient (Wildman–Crippen LogP) is 3.48. The van der Waals surface area contributed by atoms with Crippen LogP contribution in [0.15, 0.2) is 0 Å². The first-order chi connectivity index (χ1) is 7.22. The van der Waals surface area contributed by atoms with E-state index in [4.69, 9.17) is 4.74 Å². The lowest BCUT2D eigenvalue weighted by molar-refractivity contribution is -0.0809. The molecule has 0 heterocycles. The van der Waals surface area contributed by atoms with Crippen LogP contribution in [0.3, 0.4) is 0 Å². The molecule has 0 aromatic heterocycles. The Kier molecular flexibility index (Phi) is 2.54. The molecule has 0 N–H and O–H groups in total. The van der Waals surface area contributed by atoms with E-state index in [2.05, 4.69) is 13.8 Å². The Bertz CT molecular complexity index is 205. The van der Waals surface area contributed by atoms with Crippen LogP contribution in [0.25, 0.3) is 0 Å². The van der Waals surface area contributed by atoms with Gasteiger partial charge in [-0.15, -0.1) is 0 Å². The maximum Gasteiger partial charge on any atom is 0.0519 e. The van der Waals surface area contributed by atoms with Crippen LogP contribution in [-0.4, -0.2) is 12.7 Å². The summed E-state index contributed by atoms with van der Waals surface area (Å²) in [5.41, 5.74) is 0. The molecule has 0 aromatic rings. The summed E-state index contributed by atoms with van der Waals surface area (Å²) in [5.74, 6) is 5.17. The molecule has 0 unspecified atom stereocenters. The number of hydrogen-bond acceptors (Lipinski definition) is 1. The van der Waals surface area contributed by atoms with Crippen molar-refractivity contribution in [2.75, 3.05) is 6.61 Å². The van der Waals surface area contributed by atoms with E-state index < -0.39 is 0 Å². The minimum atomic E-state index is 0.419. The second-order valence-electron chi connectivity index (χ2n) is 6.48. The molecule has 1 nitrogen and oxygen atoms in total. The summed E-state index contributed by atoms with van der Waals surface area (Å²) >= 11 is 0. The monoisotopic (exact) mass is 208 g/mol. The van der Waals surface area contributed by atoms with Gasteiger partial charge in [0.05, 0.1) is 12.7 Å². The molecule has 1 heteroatoms. The highest BCUT2D eigenvalue weighted by Gasteiger charge is 2.47. The van der Waals surface area contributed by atoms with Crippen LogP contribution >= 0.6 is 0 Å². The maximum atomic E-state index is 5.87. The normalized spacial score (nSPS) is 47.8. The van der Waals surface area contributed by atoms with Crippen molar-refractivity contribution in [1.82, 2.24) is 0 Å². The molecule has 4 fully saturated rings. The van der Waals surface area contributed by atoms with E-state index in [1.54, 1.807) is 6.42 Å². The summed E-state index contributed by atoms with van der Waals surface area (Å²) in [5, 5.41) is 0. The quantitative estimate of drug-likeness (QED) is 0.690. The second-order valence-corrected chi connectivity index (χ2v) is 6.48. The third-order valence-corrected chi connectivity index (χ3v) is 5.04. The highest BCUT2D eigenvalue weighted by atomic mass is 16.5. The van der Waals surface area contributed by atoms with Crippen molar-refractivity contribution in [3.05, 3.63) is 0 Å². The lowest BCUT2D eigenvalue weighted by Crippen LogP contribution is -2.46. The topological polar surface area (TPSA) is 9.23 Å². The number of rotatable bonds is 3. The van der Waals surface area contributed by atoms with Gasteiger partial charge in [-0.1, -0.05) is 0 Å². The van der Waals surface area contributed by atoms with Crippen LogP contribution in [0.4, 0.5) is 0 Å². The van der Waals surface area contributed by atoms with Gasteiger partial charge in [-0.3, -0.25) is 0 Å². The van der Waals surface area contributed by atoms with E-state index >= 15 is 0 Å². The average Bonchev–Trinajstić information content (AvgIpc) is 2.14. The van der Waals surface area contributed by atoms with E-state index in [0.29, 0.717) is 6.10 Å². The molecule has 0 spiro atoms. The Labute approximate surface area is 93.6 Å². The van der Waals surface area contributed by atoms with Crippen LogP contribution in [0.1, 0.15) is 46.0 Å². The van der Waals surface area contributed by atoms with Crippen molar-refractivity contribution < 1.29 is 4.74 Å². The van der Waals surface area contributed by atoms with Crippen molar-refractivity contribution in [1.29, 1.82) is 0 Å². The highest BCUT2D eigenvalue weighted by molar-refractivity contribution is 4.97. The molecule has 0 atom stereocenters. The minimum Gasteiger partial charge on any atom is -0.378 e. The van der Waals surface area contributed by atoms with Crippen LogP contribution in [-0.2, 0) is 4.74 Å². The average molecular weight is 208 g/mol. The van der Waals surface area contributed by atoms with Crippen molar-refractivity contribution in [3.8, 4) is 0 Å². The zero-order valence-corrected chi connectivity index (χ0v) is 10.1. The van der Waals surface area contributed by atoms with E-state index in [0.717, 1.165) is 36.2 Å². The predicted molar refractivity (Wildman–Crippen MR) is 61.6 cm³/mol. The van der Waals surface area contributed by atoms with Crippen molar-refractivity contribution in [3.63, 3.8) is 0 Å². The Balaban J connectivity index is 1.64. The first-order valence-corrected chi connectivity index (χ1v) is 6.84. The fourth-order valence-electron chi connectivity index (χ4n) is 4.61. The largest absolute Gasteiger partial charge is 0.378 e. The van der Waals surface area contributed by atoms with Crippen LogP contribution in [0.2, 0.25) is 0 Å². The van der Waals surface area contributed by atoms with Gasteiger partial charge in [0, 0.05) is 0 Å². The SMILES string of the molecule is CC(C)OCC1C2CC3CC(C2)CC1C3. The molecular weight excluding hydrogens is 184 g/mol. The fraction of sp³-hybridized carbons (Fsp3) is 1.00. The lowest BCUT2D eigenvalue weighted by atomic mass is 9.52. The molecule has 4 aliphatic rings. The molecule has 4 rings (SSSR count). The Hall–Kier alpha value is -0.0400. The number of ether oxygens (including phenoxy) is 1. The van der Waals surface area contributed by atoms with Crippen molar-refractivity contribution in [2.45, 2.75) is 52.1 Å². The van der Waals surface area contributed by atoms with Crippen LogP contribution in [0.5, 0.6) is 0 Å². The molecular formula is C14H24O. The lowest BCUT2D eigenvalue weighted by Gasteiger charge is -2.54. The third-order valence-electron chi connectivity index (χ3n) is 5.04. The molecule has 86 valence electrons. The fourth-order valence-corrected chi connectivity index (χ4v) is 4.61. The van der Waals surface area contributed by atoms with Crippen molar-refractivity contribution >= 4 is 0 Å². The first kappa shape index (κ1) is 10.1. The van der Waals surface area contributed by atoms with Gasteiger partial charge in [0.15, 0.2) is 0 Å². The number of hydrogen-bond donors (Lipinski definition) is 0. The molecule has 4 saturated carbocycles. The molecule has 15 heavy (non-hydrogen) atoms. The van der Waals surface area contributed by atoms with Gasteiger partial charge in [0.1, 0.15) is 0 Å².